The van der Waals surface area contributed by atoms with Crippen molar-refractivity contribution in [1.29, 1.82) is 0 Å². The van der Waals surface area contributed by atoms with E-state index in [2.05, 4.69) is 36.7 Å². The monoisotopic (exact) mass is 532 g/mol. The molecule has 3 aromatic carbocycles. The Kier molecular flexibility index (Phi) is 7.76. The maximum atomic E-state index is 13.4. The number of carbonyl (C=O) groups excluding carboxylic acids is 1. The number of halogens is 4. The van der Waals surface area contributed by atoms with Gasteiger partial charge in [0.1, 0.15) is 0 Å². The van der Waals surface area contributed by atoms with Gasteiger partial charge in [-0.3, -0.25) is 4.79 Å². The molecule has 180 valence electrons. The van der Waals surface area contributed by atoms with E-state index in [1.165, 1.54) is 11.6 Å². The highest BCUT2D eigenvalue weighted by molar-refractivity contribution is 9.10. The third-order valence-electron chi connectivity index (χ3n) is 5.65. The molecule has 7 heteroatoms. The fraction of sp³-hybridized carbons (Fsp3) is 0.296. The van der Waals surface area contributed by atoms with Gasteiger partial charge < -0.3 is 10.6 Å². The Balaban J connectivity index is 1.87. The lowest BCUT2D eigenvalue weighted by Crippen LogP contribution is -2.33. The van der Waals surface area contributed by atoms with Crippen LogP contribution in [0.15, 0.2) is 71.2 Å². The molecule has 0 fully saturated rings. The van der Waals surface area contributed by atoms with Crippen molar-refractivity contribution in [3.63, 3.8) is 0 Å². The lowest BCUT2D eigenvalue weighted by molar-refractivity contribution is -0.137. The molecular formula is C27H28BrF3N2O. The molecule has 0 aromatic heterocycles. The molecule has 3 rings (SSSR count). The molecule has 0 bridgehead atoms. The van der Waals surface area contributed by atoms with Crippen LogP contribution in [0.25, 0.3) is 0 Å². The van der Waals surface area contributed by atoms with Gasteiger partial charge in [0.2, 0.25) is 0 Å². The van der Waals surface area contributed by atoms with Gasteiger partial charge in [0, 0.05) is 23.2 Å². The number of anilines is 1. The zero-order valence-electron chi connectivity index (χ0n) is 19.4. The van der Waals surface area contributed by atoms with Crippen LogP contribution >= 0.6 is 15.9 Å². The van der Waals surface area contributed by atoms with Gasteiger partial charge in [-0.2, -0.15) is 13.2 Å². The predicted octanol–water partition coefficient (Wildman–Crippen LogP) is 7.23. The van der Waals surface area contributed by atoms with Crippen molar-refractivity contribution in [2.45, 2.75) is 45.3 Å². The minimum absolute atomic E-state index is 0.00228. The lowest BCUT2D eigenvalue weighted by atomic mass is 9.87. The zero-order valence-corrected chi connectivity index (χ0v) is 21.0. The van der Waals surface area contributed by atoms with E-state index in [0.717, 1.165) is 22.2 Å². The van der Waals surface area contributed by atoms with E-state index in [1.807, 2.05) is 24.3 Å². The van der Waals surface area contributed by atoms with Crippen molar-refractivity contribution in [3.05, 3.63) is 99.0 Å². The first-order chi connectivity index (χ1) is 15.8. The molecule has 0 spiro atoms. The zero-order chi connectivity index (χ0) is 25.1. The average Bonchev–Trinajstić information content (AvgIpc) is 2.77. The number of amides is 1. The van der Waals surface area contributed by atoms with Crippen molar-refractivity contribution in [1.82, 2.24) is 4.90 Å². The molecule has 0 aliphatic heterocycles. The van der Waals surface area contributed by atoms with Gasteiger partial charge >= 0.3 is 6.18 Å². The van der Waals surface area contributed by atoms with Gasteiger partial charge in [-0.05, 0) is 52.8 Å². The molecule has 0 heterocycles. The van der Waals surface area contributed by atoms with Gasteiger partial charge in [0.15, 0.2) is 0 Å². The summed E-state index contributed by atoms with van der Waals surface area (Å²) in [6.07, 6.45) is -4.13. The summed E-state index contributed by atoms with van der Waals surface area (Å²) in [6.45, 7) is 6.94. The number of carbonyl (C=O) groups is 1. The first kappa shape index (κ1) is 25.8. The van der Waals surface area contributed by atoms with E-state index < -0.39 is 11.7 Å². The molecule has 0 unspecified atom stereocenters. The fourth-order valence-corrected chi connectivity index (χ4v) is 4.00. The number of rotatable bonds is 6. The van der Waals surface area contributed by atoms with Crippen LogP contribution in [-0.4, -0.2) is 17.4 Å². The standard InChI is InChI=1S/C27H28BrF3N2O/c1-26(2,3)20-9-7-19(8-10-20)17-33(25(34)23-16-22(28)11-12-24(23)32)14-13-18-5-4-6-21(15-18)27(29,30)31/h4-12,15-16H,13-14,17,32H2,1-3H3. The van der Waals surface area contributed by atoms with Gasteiger partial charge in [-0.25, -0.2) is 0 Å². The summed E-state index contributed by atoms with van der Waals surface area (Å²) < 4.78 is 40.1. The number of alkyl halides is 3. The average molecular weight is 533 g/mol. The maximum Gasteiger partial charge on any atom is 0.416 e. The molecule has 0 atom stereocenters. The summed E-state index contributed by atoms with van der Waals surface area (Å²) in [6, 6.07) is 18.3. The summed E-state index contributed by atoms with van der Waals surface area (Å²) in [5.41, 5.74) is 8.69. The van der Waals surface area contributed by atoms with E-state index in [4.69, 9.17) is 5.73 Å². The van der Waals surface area contributed by atoms with Crippen molar-refractivity contribution < 1.29 is 18.0 Å². The quantitative estimate of drug-likeness (QED) is 0.340. The molecule has 0 saturated carbocycles. The van der Waals surface area contributed by atoms with Gasteiger partial charge in [0.05, 0.1) is 11.1 Å². The number of nitrogens with zero attached hydrogens (tertiary/aromatic N) is 1. The van der Waals surface area contributed by atoms with Crippen LogP contribution < -0.4 is 5.73 Å². The lowest BCUT2D eigenvalue weighted by Gasteiger charge is -2.25. The largest absolute Gasteiger partial charge is 0.416 e. The highest BCUT2D eigenvalue weighted by Crippen LogP contribution is 2.30. The van der Waals surface area contributed by atoms with Gasteiger partial charge in [-0.1, -0.05) is 79.2 Å². The Hall–Kier alpha value is -2.80. The van der Waals surface area contributed by atoms with E-state index in [1.54, 1.807) is 29.2 Å². The minimum Gasteiger partial charge on any atom is -0.398 e. The SMILES string of the molecule is CC(C)(C)c1ccc(CN(CCc2cccc(C(F)(F)F)c2)C(=O)c2cc(Br)ccc2N)cc1. The second-order valence-corrected chi connectivity index (χ2v) is 10.3. The maximum absolute atomic E-state index is 13.4. The number of nitrogens with two attached hydrogens (primary N) is 1. The molecule has 3 nitrogen and oxygen atoms in total. The van der Waals surface area contributed by atoms with Crippen LogP contribution in [0, 0.1) is 0 Å². The summed E-state index contributed by atoms with van der Waals surface area (Å²) in [7, 11) is 0. The normalized spacial score (nSPS) is 12.0. The Labute approximate surface area is 206 Å². The summed E-state index contributed by atoms with van der Waals surface area (Å²) in [4.78, 5) is 15.1. The Morgan fingerprint density at radius 3 is 2.21 bits per heavy atom. The van der Waals surface area contributed by atoms with Crippen molar-refractivity contribution in [3.8, 4) is 0 Å². The minimum atomic E-state index is -4.41. The number of nitrogen functional groups attached to an aromatic ring is 1. The van der Waals surface area contributed by atoms with Crippen molar-refractivity contribution in [2.75, 3.05) is 12.3 Å². The van der Waals surface area contributed by atoms with E-state index in [-0.39, 0.29) is 24.3 Å². The Morgan fingerprint density at radius 1 is 0.912 bits per heavy atom. The van der Waals surface area contributed by atoms with E-state index in [0.29, 0.717) is 23.4 Å². The molecule has 2 N–H and O–H groups in total. The highest BCUT2D eigenvalue weighted by atomic mass is 79.9. The predicted molar refractivity (Wildman–Crippen MR) is 134 cm³/mol. The fourth-order valence-electron chi connectivity index (χ4n) is 3.63. The van der Waals surface area contributed by atoms with Gasteiger partial charge in [0.25, 0.3) is 5.91 Å². The molecular weight excluding hydrogens is 505 g/mol. The Morgan fingerprint density at radius 2 is 1.59 bits per heavy atom. The molecule has 0 radical (unpaired) electrons. The first-order valence-corrected chi connectivity index (χ1v) is 11.7. The second kappa shape index (κ2) is 10.2. The summed E-state index contributed by atoms with van der Waals surface area (Å²) in [5.74, 6) is -0.273. The van der Waals surface area contributed by atoms with Crippen LogP contribution in [0.4, 0.5) is 18.9 Å². The third kappa shape index (κ3) is 6.63. The van der Waals surface area contributed by atoms with Crippen LogP contribution in [0.3, 0.4) is 0 Å². The smallest absolute Gasteiger partial charge is 0.398 e. The molecule has 0 aliphatic carbocycles. The van der Waals surface area contributed by atoms with Crippen molar-refractivity contribution in [2.24, 2.45) is 0 Å². The van der Waals surface area contributed by atoms with Crippen LogP contribution in [0.5, 0.6) is 0 Å². The van der Waals surface area contributed by atoms with Gasteiger partial charge in [-0.15, -0.1) is 0 Å². The summed E-state index contributed by atoms with van der Waals surface area (Å²) >= 11 is 3.38. The first-order valence-electron chi connectivity index (χ1n) is 10.9. The summed E-state index contributed by atoms with van der Waals surface area (Å²) in [5, 5.41) is 0. The highest BCUT2D eigenvalue weighted by Gasteiger charge is 2.30. The third-order valence-corrected chi connectivity index (χ3v) is 6.14. The van der Waals surface area contributed by atoms with Crippen LogP contribution in [-0.2, 0) is 24.6 Å². The Bertz CT molecular complexity index is 1150. The molecule has 3 aromatic rings. The van der Waals surface area contributed by atoms with Crippen LogP contribution in [0.2, 0.25) is 0 Å². The number of hydrogen-bond donors (Lipinski definition) is 1. The second-order valence-electron chi connectivity index (χ2n) is 9.35. The molecule has 0 saturated heterocycles. The topological polar surface area (TPSA) is 46.3 Å². The molecule has 0 aliphatic rings. The number of benzene rings is 3. The molecule has 34 heavy (non-hydrogen) atoms. The van der Waals surface area contributed by atoms with E-state index >= 15 is 0 Å². The number of hydrogen-bond acceptors (Lipinski definition) is 2. The molecule has 1 amide bonds. The van der Waals surface area contributed by atoms with Crippen LogP contribution in [0.1, 0.15) is 53.4 Å². The van der Waals surface area contributed by atoms with E-state index in [9.17, 15) is 18.0 Å². The van der Waals surface area contributed by atoms with Crippen molar-refractivity contribution >= 4 is 27.5 Å².